The van der Waals surface area contributed by atoms with Crippen LogP contribution in [0.15, 0.2) is 36.5 Å². The molecule has 2 rings (SSSR count). The second-order valence-electron chi connectivity index (χ2n) is 5.52. The Labute approximate surface area is 149 Å². The first-order valence-electron chi connectivity index (χ1n) is 7.84. The van der Waals surface area contributed by atoms with Crippen molar-refractivity contribution in [2.24, 2.45) is 0 Å². The van der Waals surface area contributed by atoms with Crippen LogP contribution < -0.4 is 10.1 Å². The molecule has 2 N–H and O–H groups in total. The van der Waals surface area contributed by atoms with Gasteiger partial charge >= 0.3 is 5.97 Å². The summed E-state index contributed by atoms with van der Waals surface area (Å²) < 4.78 is 23.0. The molecule has 1 amide bonds. The minimum Gasteiger partial charge on any atom is -0.503 e. The standard InChI is InChI=1S/C18H19FN2O5/c1-11(9-12-3-5-13(19)6-4-12)26-15(22)10-21-18(24)16-17(23)14(25-2)7-8-20-16/h3-8,11,23H,9-10H2,1-2H3,(H,21,24). The molecule has 1 unspecified atom stereocenters. The Hall–Kier alpha value is -3.16. The van der Waals surface area contributed by atoms with Crippen molar-refractivity contribution in [2.75, 3.05) is 13.7 Å². The third kappa shape index (κ3) is 5.17. The number of nitrogens with zero attached hydrogens (tertiary/aromatic N) is 1. The lowest BCUT2D eigenvalue weighted by Gasteiger charge is -2.14. The van der Waals surface area contributed by atoms with E-state index in [0.29, 0.717) is 6.42 Å². The number of halogens is 1. The molecule has 0 radical (unpaired) electrons. The number of benzene rings is 1. The second kappa shape index (κ2) is 8.80. The predicted molar refractivity (Wildman–Crippen MR) is 90.4 cm³/mol. The lowest BCUT2D eigenvalue weighted by atomic mass is 10.1. The molecule has 0 saturated carbocycles. The average molecular weight is 362 g/mol. The highest BCUT2D eigenvalue weighted by Crippen LogP contribution is 2.27. The summed E-state index contributed by atoms with van der Waals surface area (Å²) in [4.78, 5) is 27.6. The zero-order chi connectivity index (χ0) is 19.1. The Morgan fingerprint density at radius 2 is 1.96 bits per heavy atom. The molecule has 2 aromatic rings. The number of aromatic nitrogens is 1. The van der Waals surface area contributed by atoms with Gasteiger partial charge in [-0.15, -0.1) is 0 Å². The molecule has 8 heteroatoms. The first-order chi connectivity index (χ1) is 12.4. The Morgan fingerprint density at radius 1 is 1.27 bits per heavy atom. The Bertz CT molecular complexity index is 780. The number of aromatic hydroxyl groups is 1. The lowest BCUT2D eigenvalue weighted by molar-refractivity contribution is -0.146. The topological polar surface area (TPSA) is 97.8 Å². The molecule has 1 heterocycles. The fourth-order valence-electron chi connectivity index (χ4n) is 2.26. The first-order valence-corrected chi connectivity index (χ1v) is 7.84. The summed E-state index contributed by atoms with van der Waals surface area (Å²) >= 11 is 0. The van der Waals surface area contributed by atoms with Crippen molar-refractivity contribution in [3.63, 3.8) is 0 Å². The smallest absolute Gasteiger partial charge is 0.325 e. The van der Waals surface area contributed by atoms with Gasteiger partial charge in [-0.3, -0.25) is 9.59 Å². The number of amides is 1. The van der Waals surface area contributed by atoms with Crippen LogP contribution in [-0.4, -0.2) is 41.7 Å². The second-order valence-corrected chi connectivity index (χ2v) is 5.52. The molecule has 1 aromatic heterocycles. The van der Waals surface area contributed by atoms with Crippen molar-refractivity contribution < 1.29 is 28.6 Å². The summed E-state index contributed by atoms with van der Waals surface area (Å²) in [6, 6.07) is 7.28. The van der Waals surface area contributed by atoms with Crippen LogP contribution in [0.25, 0.3) is 0 Å². The number of ether oxygens (including phenoxy) is 2. The zero-order valence-electron chi connectivity index (χ0n) is 14.4. The van der Waals surface area contributed by atoms with Gasteiger partial charge in [-0.2, -0.15) is 0 Å². The minimum absolute atomic E-state index is 0.0978. The SMILES string of the molecule is COc1ccnc(C(=O)NCC(=O)OC(C)Cc2ccc(F)cc2)c1O. The fraction of sp³-hybridized carbons (Fsp3) is 0.278. The largest absolute Gasteiger partial charge is 0.503 e. The number of carbonyl (C=O) groups excluding carboxylic acids is 2. The van der Waals surface area contributed by atoms with Crippen molar-refractivity contribution in [3.8, 4) is 11.5 Å². The van der Waals surface area contributed by atoms with Crippen LogP contribution in [0.1, 0.15) is 23.0 Å². The van der Waals surface area contributed by atoms with Crippen molar-refractivity contribution >= 4 is 11.9 Å². The van der Waals surface area contributed by atoms with Gasteiger partial charge in [-0.05, 0) is 24.6 Å². The van der Waals surface area contributed by atoms with Gasteiger partial charge in [0.15, 0.2) is 17.2 Å². The highest BCUT2D eigenvalue weighted by atomic mass is 19.1. The van der Waals surface area contributed by atoms with Gasteiger partial charge in [0.2, 0.25) is 0 Å². The van der Waals surface area contributed by atoms with Crippen LogP contribution in [0, 0.1) is 5.82 Å². The van der Waals surface area contributed by atoms with E-state index in [1.807, 2.05) is 0 Å². The van der Waals surface area contributed by atoms with Crippen LogP contribution in [0.2, 0.25) is 0 Å². The van der Waals surface area contributed by atoms with E-state index in [-0.39, 0.29) is 23.8 Å². The van der Waals surface area contributed by atoms with E-state index in [9.17, 15) is 19.1 Å². The summed E-state index contributed by atoms with van der Waals surface area (Å²) in [5.74, 6) is -2.03. The van der Waals surface area contributed by atoms with Crippen molar-refractivity contribution in [2.45, 2.75) is 19.4 Å². The minimum atomic E-state index is -0.732. The number of hydrogen-bond acceptors (Lipinski definition) is 6. The number of esters is 1. The molecule has 0 aliphatic carbocycles. The molecule has 0 fully saturated rings. The number of hydrogen-bond donors (Lipinski definition) is 2. The molecular weight excluding hydrogens is 343 g/mol. The van der Waals surface area contributed by atoms with E-state index in [1.54, 1.807) is 19.1 Å². The van der Waals surface area contributed by atoms with Crippen molar-refractivity contribution in [1.29, 1.82) is 0 Å². The molecule has 138 valence electrons. The molecule has 26 heavy (non-hydrogen) atoms. The van der Waals surface area contributed by atoms with Gasteiger partial charge in [-0.25, -0.2) is 9.37 Å². The van der Waals surface area contributed by atoms with E-state index < -0.39 is 23.7 Å². The highest BCUT2D eigenvalue weighted by molar-refractivity contribution is 5.97. The lowest BCUT2D eigenvalue weighted by Crippen LogP contribution is -2.33. The van der Waals surface area contributed by atoms with E-state index in [4.69, 9.17) is 9.47 Å². The summed E-state index contributed by atoms with van der Waals surface area (Å²) in [5, 5.41) is 12.2. The Kier molecular flexibility index (Phi) is 6.48. The van der Waals surface area contributed by atoms with Gasteiger partial charge in [0.25, 0.3) is 5.91 Å². The normalized spacial score (nSPS) is 11.5. The molecule has 0 spiro atoms. The monoisotopic (exact) mass is 362 g/mol. The Morgan fingerprint density at radius 3 is 2.62 bits per heavy atom. The van der Waals surface area contributed by atoms with E-state index in [1.165, 1.54) is 31.5 Å². The van der Waals surface area contributed by atoms with E-state index in [0.717, 1.165) is 5.56 Å². The summed E-state index contributed by atoms with van der Waals surface area (Å²) in [5.41, 5.74) is 0.567. The Balaban J connectivity index is 1.84. The summed E-state index contributed by atoms with van der Waals surface area (Å²) in [7, 11) is 1.34. The number of nitrogens with one attached hydrogen (secondary N) is 1. The molecule has 7 nitrogen and oxygen atoms in total. The van der Waals surface area contributed by atoms with Gasteiger partial charge in [0.1, 0.15) is 18.5 Å². The van der Waals surface area contributed by atoms with E-state index >= 15 is 0 Å². The molecule has 0 aliphatic heterocycles. The average Bonchev–Trinajstić information content (AvgIpc) is 2.61. The van der Waals surface area contributed by atoms with E-state index in [2.05, 4.69) is 10.3 Å². The maximum atomic E-state index is 12.9. The summed E-state index contributed by atoms with van der Waals surface area (Å²) in [6.07, 6.45) is 1.27. The fourth-order valence-corrected chi connectivity index (χ4v) is 2.26. The van der Waals surface area contributed by atoms with Crippen LogP contribution in [-0.2, 0) is 16.0 Å². The first kappa shape index (κ1) is 19.2. The van der Waals surface area contributed by atoms with Crippen molar-refractivity contribution in [1.82, 2.24) is 10.3 Å². The van der Waals surface area contributed by atoms with Gasteiger partial charge < -0.3 is 19.9 Å². The molecular formula is C18H19FN2O5. The predicted octanol–water partition coefficient (Wildman–Crippen LogP) is 1.84. The quantitative estimate of drug-likeness (QED) is 0.730. The third-order valence-corrected chi connectivity index (χ3v) is 3.48. The van der Waals surface area contributed by atoms with Crippen molar-refractivity contribution in [3.05, 3.63) is 53.6 Å². The molecule has 1 aromatic carbocycles. The number of pyridine rings is 1. The maximum Gasteiger partial charge on any atom is 0.325 e. The number of carbonyl (C=O) groups is 2. The molecule has 1 atom stereocenters. The maximum absolute atomic E-state index is 12.9. The van der Waals surface area contributed by atoms with Crippen LogP contribution >= 0.6 is 0 Å². The number of methoxy groups -OCH3 is 1. The van der Waals surface area contributed by atoms with Crippen LogP contribution in [0.4, 0.5) is 4.39 Å². The molecule has 0 saturated heterocycles. The summed E-state index contributed by atoms with van der Waals surface area (Å²) in [6.45, 7) is 1.31. The molecule has 0 aliphatic rings. The zero-order valence-corrected chi connectivity index (χ0v) is 14.4. The van der Waals surface area contributed by atoms with Crippen LogP contribution in [0.3, 0.4) is 0 Å². The van der Waals surface area contributed by atoms with Gasteiger partial charge in [0, 0.05) is 18.7 Å². The molecule has 0 bridgehead atoms. The van der Waals surface area contributed by atoms with Gasteiger partial charge in [0.05, 0.1) is 7.11 Å². The van der Waals surface area contributed by atoms with Gasteiger partial charge in [-0.1, -0.05) is 12.1 Å². The third-order valence-electron chi connectivity index (χ3n) is 3.48. The highest BCUT2D eigenvalue weighted by Gasteiger charge is 2.18. The number of rotatable bonds is 7. The van der Waals surface area contributed by atoms with Crippen LogP contribution in [0.5, 0.6) is 11.5 Å².